The lowest BCUT2D eigenvalue weighted by Crippen LogP contribution is -2.32. The summed E-state index contributed by atoms with van der Waals surface area (Å²) in [5, 5.41) is 0. The minimum Gasteiger partial charge on any atom is -0.323 e. The zero-order valence-corrected chi connectivity index (χ0v) is 11.2. The Labute approximate surface area is 108 Å². The first-order valence-electron chi connectivity index (χ1n) is 6.22. The first-order chi connectivity index (χ1) is 8.40. The van der Waals surface area contributed by atoms with Crippen molar-refractivity contribution in [2.75, 3.05) is 20.1 Å². The number of nitrogens with two attached hydrogens (primary N) is 1. The average molecular weight is 256 g/mol. The van der Waals surface area contributed by atoms with Crippen LogP contribution in [0.2, 0.25) is 0 Å². The Hall–Kier alpha value is -1.00. The van der Waals surface area contributed by atoms with E-state index < -0.39 is 6.43 Å². The normalized spacial score (nSPS) is 13.6. The van der Waals surface area contributed by atoms with Crippen molar-refractivity contribution < 1.29 is 8.78 Å². The lowest BCUT2D eigenvalue weighted by atomic mass is 9.99. The van der Waals surface area contributed by atoms with Crippen LogP contribution in [-0.4, -0.2) is 31.5 Å². The maximum Gasteiger partial charge on any atom is 0.251 e. The van der Waals surface area contributed by atoms with Gasteiger partial charge >= 0.3 is 0 Å². The highest BCUT2D eigenvalue weighted by atomic mass is 19.3. The summed E-state index contributed by atoms with van der Waals surface area (Å²) in [4.78, 5) is 1.56. The van der Waals surface area contributed by atoms with Crippen molar-refractivity contribution in [3.8, 4) is 0 Å². The van der Waals surface area contributed by atoms with E-state index in [0.29, 0.717) is 12.5 Å². The lowest BCUT2D eigenvalue weighted by molar-refractivity contribution is 0.0978. The van der Waals surface area contributed by atoms with Gasteiger partial charge in [0.1, 0.15) is 0 Å². The van der Waals surface area contributed by atoms with E-state index >= 15 is 0 Å². The van der Waals surface area contributed by atoms with Crippen molar-refractivity contribution in [3.63, 3.8) is 0 Å². The number of nitrogens with zero attached hydrogens (tertiary/aromatic N) is 1. The molecule has 0 aliphatic rings. The van der Waals surface area contributed by atoms with Crippen LogP contribution in [0, 0.1) is 0 Å². The van der Waals surface area contributed by atoms with Gasteiger partial charge in [0.25, 0.3) is 6.43 Å². The van der Waals surface area contributed by atoms with Gasteiger partial charge in [-0.25, -0.2) is 8.78 Å². The zero-order valence-electron chi connectivity index (χ0n) is 11.2. The summed E-state index contributed by atoms with van der Waals surface area (Å²) in [6.45, 7) is 4.46. The predicted octanol–water partition coefficient (Wildman–Crippen LogP) is 3.01. The van der Waals surface area contributed by atoms with Crippen LogP contribution in [0.3, 0.4) is 0 Å². The molecule has 0 bridgehead atoms. The summed E-state index contributed by atoms with van der Waals surface area (Å²) in [5.74, 6) is 0.483. The molecule has 1 atom stereocenters. The SMILES string of the molecule is CC(C)c1ccc(C(N)CN(C)CC(F)F)cc1. The van der Waals surface area contributed by atoms with Gasteiger partial charge in [-0.2, -0.15) is 0 Å². The summed E-state index contributed by atoms with van der Waals surface area (Å²) < 4.78 is 24.4. The second-order valence-electron chi connectivity index (χ2n) is 5.04. The largest absolute Gasteiger partial charge is 0.323 e. The minimum absolute atomic E-state index is 0.227. The molecule has 0 amide bonds. The Kier molecular flexibility index (Phi) is 5.69. The van der Waals surface area contributed by atoms with Gasteiger partial charge in [-0.15, -0.1) is 0 Å². The second-order valence-corrected chi connectivity index (χ2v) is 5.04. The summed E-state index contributed by atoms with van der Waals surface area (Å²) in [7, 11) is 1.66. The molecule has 4 heteroatoms. The number of hydrogen-bond donors (Lipinski definition) is 1. The Morgan fingerprint density at radius 2 is 1.56 bits per heavy atom. The van der Waals surface area contributed by atoms with Gasteiger partial charge < -0.3 is 5.73 Å². The predicted molar refractivity (Wildman–Crippen MR) is 71.0 cm³/mol. The van der Waals surface area contributed by atoms with E-state index in [0.717, 1.165) is 5.56 Å². The third-order valence-electron chi connectivity index (χ3n) is 2.99. The van der Waals surface area contributed by atoms with E-state index in [2.05, 4.69) is 13.8 Å². The molecule has 0 aromatic heterocycles. The molecule has 1 unspecified atom stereocenters. The molecule has 18 heavy (non-hydrogen) atoms. The quantitative estimate of drug-likeness (QED) is 0.847. The van der Waals surface area contributed by atoms with Crippen LogP contribution in [0.25, 0.3) is 0 Å². The van der Waals surface area contributed by atoms with Crippen molar-refractivity contribution >= 4 is 0 Å². The van der Waals surface area contributed by atoms with Crippen LogP contribution < -0.4 is 5.73 Å². The summed E-state index contributed by atoms with van der Waals surface area (Å²) in [6, 6.07) is 7.83. The van der Waals surface area contributed by atoms with Crippen LogP contribution >= 0.6 is 0 Å². The van der Waals surface area contributed by atoms with Gasteiger partial charge in [0.15, 0.2) is 0 Å². The molecule has 102 valence electrons. The standard InChI is InChI=1S/C14H22F2N2/c1-10(2)11-4-6-12(7-5-11)13(17)8-18(3)9-14(15)16/h4-7,10,13-14H,8-9,17H2,1-3H3. The van der Waals surface area contributed by atoms with Crippen molar-refractivity contribution in [1.82, 2.24) is 4.90 Å². The van der Waals surface area contributed by atoms with Crippen LogP contribution in [0.1, 0.15) is 36.9 Å². The molecule has 2 N–H and O–H groups in total. The molecule has 1 rings (SSSR count). The summed E-state index contributed by atoms with van der Waals surface area (Å²) >= 11 is 0. The van der Waals surface area contributed by atoms with Crippen molar-refractivity contribution in [2.45, 2.75) is 32.2 Å². The van der Waals surface area contributed by atoms with Crippen LogP contribution in [-0.2, 0) is 0 Å². The van der Waals surface area contributed by atoms with E-state index in [4.69, 9.17) is 5.73 Å². The van der Waals surface area contributed by atoms with Crippen LogP contribution in [0.5, 0.6) is 0 Å². The van der Waals surface area contributed by atoms with E-state index in [9.17, 15) is 8.78 Å². The smallest absolute Gasteiger partial charge is 0.251 e. The number of alkyl halides is 2. The fourth-order valence-electron chi connectivity index (χ4n) is 1.88. The van der Waals surface area contributed by atoms with Crippen molar-refractivity contribution in [2.24, 2.45) is 5.73 Å². The third-order valence-corrected chi connectivity index (χ3v) is 2.99. The van der Waals surface area contributed by atoms with Gasteiger partial charge in [0.05, 0.1) is 6.54 Å². The average Bonchev–Trinajstić information content (AvgIpc) is 2.27. The molecular weight excluding hydrogens is 234 g/mol. The molecular formula is C14H22F2N2. The second kappa shape index (κ2) is 6.81. The van der Waals surface area contributed by atoms with Crippen molar-refractivity contribution in [1.29, 1.82) is 0 Å². The monoisotopic (exact) mass is 256 g/mol. The van der Waals surface area contributed by atoms with E-state index in [1.54, 1.807) is 11.9 Å². The molecule has 1 aromatic carbocycles. The molecule has 0 fully saturated rings. The number of rotatable bonds is 6. The topological polar surface area (TPSA) is 29.3 Å². The van der Waals surface area contributed by atoms with Gasteiger partial charge in [-0.1, -0.05) is 38.1 Å². The van der Waals surface area contributed by atoms with Gasteiger partial charge in [-0.05, 0) is 24.1 Å². The number of hydrogen-bond acceptors (Lipinski definition) is 2. The molecule has 0 saturated heterocycles. The molecule has 1 aromatic rings. The van der Waals surface area contributed by atoms with E-state index in [1.807, 2.05) is 24.3 Å². The summed E-state index contributed by atoms with van der Waals surface area (Å²) in [5.41, 5.74) is 8.25. The molecule has 0 aliphatic carbocycles. The molecule has 0 aliphatic heterocycles. The minimum atomic E-state index is -2.31. The molecule has 2 nitrogen and oxygen atoms in total. The van der Waals surface area contributed by atoms with E-state index in [-0.39, 0.29) is 12.6 Å². The maximum absolute atomic E-state index is 12.2. The molecule has 0 spiro atoms. The first kappa shape index (κ1) is 15.1. The Morgan fingerprint density at radius 3 is 2.00 bits per heavy atom. The van der Waals surface area contributed by atoms with Crippen LogP contribution in [0.4, 0.5) is 8.78 Å². The molecule has 0 saturated carbocycles. The Morgan fingerprint density at radius 1 is 1.06 bits per heavy atom. The fourth-order valence-corrected chi connectivity index (χ4v) is 1.88. The van der Waals surface area contributed by atoms with Gasteiger partial charge in [0, 0.05) is 12.6 Å². The zero-order chi connectivity index (χ0) is 13.7. The highest BCUT2D eigenvalue weighted by Crippen LogP contribution is 2.18. The van der Waals surface area contributed by atoms with Crippen molar-refractivity contribution in [3.05, 3.63) is 35.4 Å². The number of halogens is 2. The highest BCUT2D eigenvalue weighted by molar-refractivity contribution is 5.26. The van der Waals surface area contributed by atoms with E-state index in [1.165, 1.54) is 5.56 Å². The summed E-state index contributed by atoms with van der Waals surface area (Å²) in [6.07, 6.45) is -2.31. The molecule has 0 heterocycles. The number of benzene rings is 1. The maximum atomic E-state index is 12.2. The lowest BCUT2D eigenvalue weighted by Gasteiger charge is -2.21. The fraction of sp³-hybridized carbons (Fsp3) is 0.571. The Balaban J connectivity index is 2.58. The number of likely N-dealkylation sites (N-methyl/N-ethyl adjacent to an activating group) is 1. The Bertz CT molecular complexity index is 349. The van der Waals surface area contributed by atoms with Crippen LogP contribution in [0.15, 0.2) is 24.3 Å². The third kappa shape index (κ3) is 4.70. The highest BCUT2D eigenvalue weighted by Gasteiger charge is 2.13. The first-order valence-corrected chi connectivity index (χ1v) is 6.22. The molecule has 0 radical (unpaired) electrons. The van der Waals surface area contributed by atoms with Gasteiger partial charge in [0.2, 0.25) is 0 Å². The van der Waals surface area contributed by atoms with Gasteiger partial charge in [-0.3, -0.25) is 4.90 Å².